The number of carbonyl (C=O) groups is 3. The zero-order chi connectivity index (χ0) is 38.7. The van der Waals surface area contributed by atoms with Gasteiger partial charge in [0.05, 0.1) is 5.69 Å². The third-order valence-corrected chi connectivity index (χ3v) is 10.5. The van der Waals surface area contributed by atoms with Gasteiger partial charge in [0.2, 0.25) is 21.8 Å². The van der Waals surface area contributed by atoms with Crippen molar-refractivity contribution in [1.29, 1.82) is 0 Å². The molecule has 0 saturated carbocycles. The standard InChI is InChI=1S/C38H35ClFN7O6S/c1-23(2)46-22-31(37(49)47(38(46)50)28-11-8-24(9-12-28)25-6-5-7-26(39)18-25)36(48)43-27-10-14-33(32(40)19-27)53-29-16-17-41-35(20-29)44-34-15-13-30(21-42-34)54(51,52)45(3)4/h5-21,23,31H,22H2,1-4H3,(H,43,48)(H,41,42,44). The van der Waals surface area contributed by atoms with Crippen molar-refractivity contribution in [2.24, 2.45) is 5.92 Å². The first-order valence-corrected chi connectivity index (χ1v) is 18.4. The maximum Gasteiger partial charge on any atom is 0.331 e. The SMILES string of the molecule is CC(C)N1CC(C(=O)Nc2ccc(Oc3ccnc(Nc4ccc(S(=O)(=O)N(C)C)cn4)c3)c(F)c2)C(=O)N(c2ccc(-c3cccc(Cl)c3)cc2)C1=O. The van der Waals surface area contributed by atoms with E-state index in [1.807, 2.05) is 12.1 Å². The quantitative estimate of drug-likeness (QED) is 0.133. The molecule has 4 amide bonds. The van der Waals surface area contributed by atoms with Gasteiger partial charge in [0.25, 0.3) is 0 Å². The van der Waals surface area contributed by atoms with Crippen molar-refractivity contribution < 1.29 is 31.9 Å². The minimum atomic E-state index is -3.65. The number of nitrogens with one attached hydrogen (secondary N) is 2. The maximum absolute atomic E-state index is 15.3. The van der Waals surface area contributed by atoms with Crippen LogP contribution in [0, 0.1) is 11.7 Å². The van der Waals surface area contributed by atoms with Crippen molar-refractivity contribution in [3.63, 3.8) is 0 Å². The molecule has 3 aromatic carbocycles. The van der Waals surface area contributed by atoms with Gasteiger partial charge in [-0.1, -0.05) is 35.9 Å². The molecule has 54 heavy (non-hydrogen) atoms. The minimum Gasteiger partial charge on any atom is -0.454 e. The molecule has 2 N–H and O–H groups in total. The maximum atomic E-state index is 15.3. The molecule has 5 aromatic rings. The number of ether oxygens (including phenoxy) is 1. The molecule has 0 radical (unpaired) electrons. The lowest BCUT2D eigenvalue weighted by molar-refractivity contribution is -0.132. The highest BCUT2D eigenvalue weighted by Crippen LogP contribution is 2.32. The Morgan fingerprint density at radius 2 is 1.70 bits per heavy atom. The molecule has 2 aromatic heterocycles. The third-order valence-electron chi connectivity index (χ3n) is 8.49. The molecule has 1 atom stereocenters. The van der Waals surface area contributed by atoms with Crippen LogP contribution in [-0.2, 0) is 19.6 Å². The summed E-state index contributed by atoms with van der Waals surface area (Å²) in [5, 5.41) is 6.12. The van der Waals surface area contributed by atoms with Crippen molar-refractivity contribution in [2.75, 3.05) is 36.2 Å². The van der Waals surface area contributed by atoms with E-state index in [1.165, 1.54) is 67.8 Å². The molecule has 0 aliphatic carbocycles. The summed E-state index contributed by atoms with van der Waals surface area (Å²) in [5.74, 6) is -2.81. The van der Waals surface area contributed by atoms with Gasteiger partial charge in [-0.05, 0) is 79.6 Å². The fourth-order valence-electron chi connectivity index (χ4n) is 5.58. The van der Waals surface area contributed by atoms with Crippen LogP contribution in [0.15, 0.2) is 108 Å². The lowest BCUT2D eigenvalue weighted by Crippen LogP contribution is -2.61. The first-order chi connectivity index (χ1) is 25.7. The summed E-state index contributed by atoms with van der Waals surface area (Å²) in [5.41, 5.74) is 2.05. The van der Waals surface area contributed by atoms with E-state index in [2.05, 4.69) is 20.6 Å². The third kappa shape index (κ3) is 8.17. The number of anilines is 4. The van der Waals surface area contributed by atoms with E-state index in [4.69, 9.17) is 16.3 Å². The highest BCUT2D eigenvalue weighted by atomic mass is 35.5. The number of carbonyl (C=O) groups excluding carboxylic acids is 3. The second-order valence-electron chi connectivity index (χ2n) is 12.7. The van der Waals surface area contributed by atoms with E-state index in [0.717, 1.165) is 26.4 Å². The molecule has 6 rings (SSSR count). The molecular formula is C38H35ClFN7O6S. The van der Waals surface area contributed by atoms with Crippen LogP contribution >= 0.6 is 11.6 Å². The van der Waals surface area contributed by atoms with Crippen molar-refractivity contribution in [1.82, 2.24) is 19.2 Å². The number of sulfonamides is 1. The fourth-order valence-corrected chi connectivity index (χ4v) is 6.61. The zero-order valence-electron chi connectivity index (χ0n) is 29.5. The minimum absolute atomic E-state index is 0.0230. The molecule has 1 fully saturated rings. The van der Waals surface area contributed by atoms with E-state index in [9.17, 15) is 22.8 Å². The summed E-state index contributed by atoms with van der Waals surface area (Å²) in [6.45, 7) is 3.41. The van der Waals surface area contributed by atoms with Crippen molar-refractivity contribution in [2.45, 2.75) is 24.8 Å². The highest BCUT2D eigenvalue weighted by molar-refractivity contribution is 7.89. The van der Waals surface area contributed by atoms with Gasteiger partial charge in [-0.25, -0.2) is 36.8 Å². The molecule has 0 bridgehead atoms. The van der Waals surface area contributed by atoms with Crippen LogP contribution in [0.5, 0.6) is 11.5 Å². The first kappa shape index (κ1) is 37.8. The van der Waals surface area contributed by atoms with Crippen molar-refractivity contribution >= 4 is 62.5 Å². The number of urea groups is 1. The Balaban J connectivity index is 1.13. The van der Waals surface area contributed by atoms with Gasteiger partial charge in [-0.15, -0.1) is 0 Å². The van der Waals surface area contributed by atoms with Gasteiger partial charge in [-0.2, -0.15) is 0 Å². The summed E-state index contributed by atoms with van der Waals surface area (Å²) >= 11 is 6.14. The molecule has 1 aliphatic rings. The number of halogens is 2. The lowest BCUT2D eigenvalue weighted by atomic mass is 10.0. The van der Waals surface area contributed by atoms with E-state index in [0.29, 0.717) is 22.3 Å². The normalized spacial score (nSPS) is 14.8. The number of hydrogen-bond donors (Lipinski definition) is 2. The van der Waals surface area contributed by atoms with E-state index < -0.39 is 39.6 Å². The number of pyridine rings is 2. The topological polar surface area (TPSA) is 154 Å². The van der Waals surface area contributed by atoms with Gasteiger partial charge in [0.1, 0.15) is 28.2 Å². The van der Waals surface area contributed by atoms with Crippen LogP contribution < -0.4 is 20.3 Å². The molecule has 1 saturated heterocycles. The van der Waals surface area contributed by atoms with Crippen LogP contribution in [-0.4, -0.2) is 72.1 Å². The molecule has 278 valence electrons. The Morgan fingerprint density at radius 3 is 2.35 bits per heavy atom. The second-order valence-corrected chi connectivity index (χ2v) is 15.3. The van der Waals surface area contributed by atoms with Gasteiger partial charge < -0.3 is 20.3 Å². The molecule has 16 heteroatoms. The summed E-state index contributed by atoms with van der Waals surface area (Å²) in [6, 6.07) is 22.9. The molecule has 0 spiro atoms. The summed E-state index contributed by atoms with van der Waals surface area (Å²) in [6.07, 6.45) is 2.65. The first-order valence-electron chi connectivity index (χ1n) is 16.6. The fraction of sp³-hybridized carbons (Fsp3) is 0.184. The van der Waals surface area contributed by atoms with E-state index in [1.54, 1.807) is 50.2 Å². The average Bonchev–Trinajstić information content (AvgIpc) is 3.13. The Morgan fingerprint density at radius 1 is 0.944 bits per heavy atom. The van der Waals surface area contributed by atoms with Gasteiger partial charge in [0.15, 0.2) is 11.6 Å². The number of hydrogen-bond acceptors (Lipinski definition) is 9. The Bertz CT molecular complexity index is 2330. The monoisotopic (exact) mass is 771 g/mol. The van der Waals surface area contributed by atoms with E-state index in [-0.39, 0.29) is 34.7 Å². The summed E-state index contributed by atoms with van der Waals surface area (Å²) in [7, 11) is -0.800. The van der Waals surface area contributed by atoms with Crippen LogP contribution in [0.25, 0.3) is 11.1 Å². The number of rotatable bonds is 11. The Hall–Kier alpha value is -5.90. The second kappa shape index (κ2) is 15.6. The number of aromatic nitrogens is 2. The highest BCUT2D eigenvalue weighted by Gasteiger charge is 2.44. The van der Waals surface area contributed by atoms with Crippen LogP contribution in [0.2, 0.25) is 5.02 Å². The Kier molecular flexibility index (Phi) is 10.9. The number of benzene rings is 3. The largest absolute Gasteiger partial charge is 0.454 e. The van der Waals surface area contributed by atoms with Crippen LogP contribution in [0.3, 0.4) is 0 Å². The molecule has 3 heterocycles. The van der Waals surface area contributed by atoms with Gasteiger partial charge >= 0.3 is 6.03 Å². The Labute approximate surface area is 316 Å². The smallest absolute Gasteiger partial charge is 0.331 e. The molecular weight excluding hydrogens is 737 g/mol. The number of amides is 4. The summed E-state index contributed by atoms with van der Waals surface area (Å²) < 4.78 is 46.8. The lowest BCUT2D eigenvalue weighted by Gasteiger charge is -2.40. The summed E-state index contributed by atoms with van der Waals surface area (Å²) in [4.78, 5) is 51.6. The van der Waals surface area contributed by atoms with E-state index >= 15 is 4.39 Å². The number of imide groups is 1. The molecule has 1 unspecified atom stereocenters. The number of nitrogens with zero attached hydrogens (tertiary/aromatic N) is 5. The molecule has 1 aliphatic heterocycles. The van der Waals surface area contributed by atoms with Gasteiger partial charge in [-0.3, -0.25) is 9.59 Å². The average molecular weight is 772 g/mol. The van der Waals surface area contributed by atoms with Crippen molar-refractivity contribution in [3.05, 3.63) is 114 Å². The predicted molar refractivity (Wildman–Crippen MR) is 203 cm³/mol. The van der Waals surface area contributed by atoms with Crippen LogP contribution in [0.4, 0.5) is 32.2 Å². The molecule has 13 nitrogen and oxygen atoms in total. The predicted octanol–water partition coefficient (Wildman–Crippen LogP) is 7.15. The zero-order valence-corrected chi connectivity index (χ0v) is 31.1. The van der Waals surface area contributed by atoms with Crippen LogP contribution in [0.1, 0.15) is 13.8 Å². The van der Waals surface area contributed by atoms with Crippen molar-refractivity contribution in [3.8, 4) is 22.6 Å². The van der Waals surface area contributed by atoms with Gasteiger partial charge in [0, 0.05) is 61.9 Å².